The maximum absolute atomic E-state index is 13.2. The van der Waals surface area contributed by atoms with Gasteiger partial charge in [-0.1, -0.05) is 25.1 Å². The van der Waals surface area contributed by atoms with Crippen LogP contribution in [-0.2, 0) is 6.54 Å². The Morgan fingerprint density at radius 2 is 2.18 bits per heavy atom. The smallest absolute Gasteiger partial charge is 0.123 e. The normalized spacial score (nSPS) is 12.6. The Bertz CT molecular complexity index is 453. The Balaban J connectivity index is 2.01. The van der Waals surface area contributed by atoms with Gasteiger partial charge in [0.25, 0.3) is 0 Å². The van der Waals surface area contributed by atoms with Gasteiger partial charge in [0, 0.05) is 17.5 Å². The van der Waals surface area contributed by atoms with E-state index in [9.17, 15) is 4.39 Å². The molecule has 1 aromatic heterocycles. The first-order valence-electron chi connectivity index (χ1n) is 5.81. The summed E-state index contributed by atoms with van der Waals surface area (Å²) < 4.78 is 13.2. The summed E-state index contributed by atoms with van der Waals surface area (Å²) >= 11 is 1.74. The predicted octanol–water partition coefficient (Wildman–Crippen LogP) is 4.13. The lowest BCUT2D eigenvalue weighted by Crippen LogP contribution is -2.19. The number of benzene rings is 1. The van der Waals surface area contributed by atoms with Crippen molar-refractivity contribution in [1.82, 2.24) is 5.32 Å². The highest BCUT2D eigenvalue weighted by molar-refractivity contribution is 7.09. The topological polar surface area (TPSA) is 12.0 Å². The van der Waals surface area contributed by atoms with E-state index in [0.717, 1.165) is 18.5 Å². The molecular formula is C14H16FNS. The van der Waals surface area contributed by atoms with Gasteiger partial charge < -0.3 is 5.32 Å². The minimum absolute atomic E-state index is 0.168. The van der Waals surface area contributed by atoms with Crippen molar-refractivity contribution in [2.75, 3.05) is 0 Å². The first kappa shape index (κ1) is 12.3. The molecule has 2 rings (SSSR count). The maximum Gasteiger partial charge on any atom is 0.123 e. The van der Waals surface area contributed by atoms with Crippen LogP contribution in [0.25, 0.3) is 0 Å². The number of hydrogen-bond acceptors (Lipinski definition) is 2. The summed E-state index contributed by atoms with van der Waals surface area (Å²) in [4.78, 5) is 1.31. The molecule has 0 aliphatic rings. The lowest BCUT2D eigenvalue weighted by molar-refractivity contribution is 0.517. The van der Waals surface area contributed by atoms with Crippen LogP contribution in [-0.4, -0.2) is 0 Å². The Kier molecular flexibility index (Phi) is 4.29. The second-order valence-corrected chi connectivity index (χ2v) is 5.01. The SMILES string of the molecule is CCC(NCc1cccs1)c1cccc(F)c1. The summed E-state index contributed by atoms with van der Waals surface area (Å²) in [5, 5.41) is 5.53. The number of halogens is 1. The van der Waals surface area contributed by atoms with Gasteiger partial charge in [-0.25, -0.2) is 4.39 Å². The highest BCUT2D eigenvalue weighted by atomic mass is 32.1. The molecule has 0 bridgehead atoms. The van der Waals surface area contributed by atoms with Crippen molar-refractivity contribution in [2.45, 2.75) is 25.9 Å². The fourth-order valence-electron chi connectivity index (χ4n) is 1.86. The van der Waals surface area contributed by atoms with Crippen molar-refractivity contribution in [3.8, 4) is 0 Å². The molecular weight excluding hydrogens is 233 g/mol. The predicted molar refractivity (Wildman–Crippen MR) is 70.6 cm³/mol. The second-order valence-electron chi connectivity index (χ2n) is 3.98. The number of rotatable bonds is 5. The van der Waals surface area contributed by atoms with E-state index in [1.807, 2.05) is 12.1 Å². The third-order valence-electron chi connectivity index (χ3n) is 2.76. The van der Waals surface area contributed by atoms with E-state index in [4.69, 9.17) is 0 Å². The van der Waals surface area contributed by atoms with Crippen LogP contribution in [0.4, 0.5) is 4.39 Å². The molecule has 0 saturated heterocycles. The summed E-state index contributed by atoms with van der Waals surface area (Å²) in [6.45, 7) is 2.95. The molecule has 1 aromatic carbocycles. The summed E-state index contributed by atoms with van der Waals surface area (Å²) in [5.74, 6) is -0.168. The molecule has 0 aliphatic carbocycles. The van der Waals surface area contributed by atoms with E-state index in [-0.39, 0.29) is 11.9 Å². The lowest BCUT2D eigenvalue weighted by atomic mass is 10.0. The van der Waals surface area contributed by atoms with Crippen molar-refractivity contribution in [1.29, 1.82) is 0 Å². The van der Waals surface area contributed by atoms with Crippen molar-refractivity contribution in [3.05, 3.63) is 58.0 Å². The minimum Gasteiger partial charge on any atom is -0.305 e. The molecule has 17 heavy (non-hydrogen) atoms. The van der Waals surface area contributed by atoms with Crippen LogP contribution in [0.15, 0.2) is 41.8 Å². The van der Waals surface area contributed by atoms with Crippen molar-refractivity contribution in [2.24, 2.45) is 0 Å². The van der Waals surface area contributed by atoms with Gasteiger partial charge in [-0.2, -0.15) is 0 Å². The quantitative estimate of drug-likeness (QED) is 0.840. The third kappa shape index (κ3) is 3.38. The molecule has 0 amide bonds. The molecule has 1 atom stereocenters. The molecule has 0 fully saturated rings. The Hall–Kier alpha value is -1.19. The molecule has 1 heterocycles. The Labute approximate surface area is 105 Å². The molecule has 1 N–H and O–H groups in total. The minimum atomic E-state index is -0.168. The van der Waals surface area contributed by atoms with Gasteiger partial charge >= 0.3 is 0 Å². The van der Waals surface area contributed by atoms with E-state index in [2.05, 4.69) is 23.7 Å². The van der Waals surface area contributed by atoms with Crippen LogP contribution in [0.2, 0.25) is 0 Å². The average molecular weight is 249 g/mol. The Morgan fingerprint density at radius 3 is 2.82 bits per heavy atom. The molecule has 2 aromatic rings. The first-order valence-corrected chi connectivity index (χ1v) is 6.68. The molecule has 3 heteroatoms. The van der Waals surface area contributed by atoms with Crippen LogP contribution in [0, 0.1) is 5.82 Å². The van der Waals surface area contributed by atoms with E-state index < -0.39 is 0 Å². The van der Waals surface area contributed by atoms with Gasteiger partial charge in [0.1, 0.15) is 5.82 Å². The maximum atomic E-state index is 13.2. The van der Waals surface area contributed by atoms with E-state index >= 15 is 0 Å². The highest BCUT2D eigenvalue weighted by Crippen LogP contribution is 2.19. The number of nitrogens with one attached hydrogen (secondary N) is 1. The van der Waals surface area contributed by atoms with Crippen LogP contribution < -0.4 is 5.32 Å². The van der Waals surface area contributed by atoms with E-state index in [1.54, 1.807) is 23.5 Å². The zero-order chi connectivity index (χ0) is 12.1. The highest BCUT2D eigenvalue weighted by Gasteiger charge is 2.09. The fraction of sp³-hybridized carbons (Fsp3) is 0.286. The number of thiophene rings is 1. The second kappa shape index (κ2) is 5.94. The van der Waals surface area contributed by atoms with Gasteiger partial charge in [-0.15, -0.1) is 11.3 Å². The molecule has 90 valence electrons. The van der Waals surface area contributed by atoms with Gasteiger partial charge in [0.15, 0.2) is 0 Å². The van der Waals surface area contributed by atoms with E-state index in [1.165, 1.54) is 10.9 Å². The fourth-order valence-corrected chi connectivity index (χ4v) is 2.51. The molecule has 0 aliphatic heterocycles. The monoisotopic (exact) mass is 249 g/mol. The number of hydrogen-bond donors (Lipinski definition) is 1. The van der Waals surface area contributed by atoms with Crippen molar-refractivity contribution >= 4 is 11.3 Å². The van der Waals surface area contributed by atoms with Gasteiger partial charge in [0.05, 0.1) is 0 Å². The standard InChI is InChI=1S/C14H16FNS/c1-2-14(11-5-3-6-12(15)9-11)16-10-13-7-4-8-17-13/h3-9,14,16H,2,10H2,1H3. The van der Waals surface area contributed by atoms with Gasteiger partial charge in [0.2, 0.25) is 0 Å². The average Bonchev–Trinajstić information content (AvgIpc) is 2.83. The zero-order valence-electron chi connectivity index (χ0n) is 9.82. The molecule has 1 unspecified atom stereocenters. The summed E-state index contributed by atoms with van der Waals surface area (Å²) in [7, 11) is 0. The molecule has 0 saturated carbocycles. The molecule has 0 radical (unpaired) electrons. The van der Waals surface area contributed by atoms with Crippen LogP contribution in [0.5, 0.6) is 0 Å². The lowest BCUT2D eigenvalue weighted by Gasteiger charge is -2.17. The van der Waals surface area contributed by atoms with Crippen molar-refractivity contribution in [3.63, 3.8) is 0 Å². The van der Waals surface area contributed by atoms with Crippen LogP contribution in [0.1, 0.15) is 29.8 Å². The zero-order valence-corrected chi connectivity index (χ0v) is 10.6. The largest absolute Gasteiger partial charge is 0.305 e. The van der Waals surface area contributed by atoms with E-state index in [0.29, 0.717) is 0 Å². The van der Waals surface area contributed by atoms with Crippen molar-refractivity contribution < 1.29 is 4.39 Å². The summed E-state index contributed by atoms with van der Waals surface area (Å²) in [6.07, 6.45) is 0.953. The summed E-state index contributed by atoms with van der Waals surface area (Å²) in [6, 6.07) is 11.2. The van der Waals surface area contributed by atoms with Gasteiger partial charge in [-0.3, -0.25) is 0 Å². The van der Waals surface area contributed by atoms with Crippen LogP contribution in [0.3, 0.4) is 0 Å². The van der Waals surface area contributed by atoms with Crippen LogP contribution >= 0.6 is 11.3 Å². The van der Waals surface area contributed by atoms with Gasteiger partial charge in [-0.05, 0) is 35.6 Å². The first-order chi connectivity index (χ1) is 8.29. The summed E-state index contributed by atoms with van der Waals surface area (Å²) in [5.41, 5.74) is 1.02. The molecule has 1 nitrogen and oxygen atoms in total. The third-order valence-corrected chi connectivity index (χ3v) is 3.64. The Morgan fingerprint density at radius 1 is 1.29 bits per heavy atom. The molecule has 0 spiro atoms.